The maximum absolute atomic E-state index is 11.3. The molecular formula is C10H16O3. The molecule has 1 saturated carbocycles. The summed E-state index contributed by atoms with van der Waals surface area (Å²) < 4.78 is 10.1. The predicted molar refractivity (Wildman–Crippen MR) is 49.0 cm³/mol. The van der Waals surface area contributed by atoms with Crippen LogP contribution in [0.1, 0.15) is 26.2 Å². The Morgan fingerprint density at radius 1 is 1.62 bits per heavy atom. The Morgan fingerprint density at radius 2 is 2.38 bits per heavy atom. The van der Waals surface area contributed by atoms with Crippen LogP contribution in [-0.4, -0.2) is 18.7 Å². The quantitative estimate of drug-likeness (QED) is 0.494. The van der Waals surface area contributed by atoms with Crippen LogP contribution in [0.2, 0.25) is 0 Å². The van der Waals surface area contributed by atoms with Crippen molar-refractivity contribution in [1.82, 2.24) is 0 Å². The molecule has 13 heavy (non-hydrogen) atoms. The van der Waals surface area contributed by atoms with Crippen molar-refractivity contribution in [2.24, 2.45) is 5.92 Å². The van der Waals surface area contributed by atoms with E-state index in [1.165, 1.54) is 6.26 Å². The number of hydrogen-bond acceptors (Lipinski definition) is 3. The standard InChI is InChI=1S/C10H16O3/c1-3-12-9-6-5-8(7-9)10(11)13-4-2/h3,8-9H,1,4-7H2,2H3. The zero-order valence-corrected chi connectivity index (χ0v) is 7.99. The molecule has 3 heteroatoms. The molecule has 0 aromatic rings. The molecule has 2 atom stereocenters. The molecule has 2 unspecified atom stereocenters. The van der Waals surface area contributed by atoms with Crippen molar-refractivity contribution in [1.29, 1.82) is 0 Å². The lowest BCUT2D eigenvalue weighted by atomic mass is 10.1. The van der Waals surface area contributed by atoms with E-state index in [0.29, 0.717) is 6.61 Å². The van der Waals surface area contributed by atoms with Crippen LogP contribution >= 0.6 is 0 Å². The van der Waals surface area contributed by atoms with Gasteiger partial charge in [0.25, 0.3) is 0 Å². The van der Waals surface area contributed by atoms with Gasteiger partial charge in [-0.05, 0) is 26.2 Å². The third-order valence-electron chi connectivity index (χ3n) is 2.29. The van der Waals surface area contributed by atoms with Crippen LogP contribution in [0, 0.1) is 5.92 Å². The monoisotopic (exact) mass is 184 g/mol. The summed E-state index contributed by atoms with van der Waals surface area (Å²) in [6, 6.07) is 0. The van der Waals surface area contributed by atoms with E-state index in [0.717, 1.165) is 19.3 Å². The van der Waals surface area contributed by atoms with E-state index in [1.807, 2.05) is 6.92 Å². The average Bonchev–Trinajstić information content (AvgIpc) is 2.54. The van der Waals surface area contributed by atoms with E-state index in [1.54, 1.807) is 0 Å². The van der Waals surface area contributed by atoms with Gasteiger partial charge in [-0.1, -0.05) is 6.58 Å². The van der Waals surface area contributed by atoms with Crippen LogP contribution in [0.3, 0.4) is 0 Å². The van der Waals surface area contributed by atoms with E-state index in [9.17, 15) is 4.79 Å². The predicted octanol–water partition coefficient (Wildman–Crippen LogP) is 1.88. The highest BCUT2D eigenvalue weighted by Crippen LogP contribution is 2.28. The van der Waals surface area contributed by atoms with Crippen molar-refractivity contribution < 1.29 is 14.3 Å². The molecule has 0 saturated heterocycles. The van der Waals surface area contributed by atoms with Crippen molar-refractivity contribution in [2.75, 3.05) is 6.61 Å². The van der Waals surface area contributed by atoms with E-state index >= 15 is 0 Å². The van der Waals surface area contributed by atoms with E-state index in [4.69, 9.17) is 9.47 Å². The molecule has 1 aliphatic carbocycles. The van der Waals surface area contributed by atoms with Gasteiger partial charge >= 0.3 is 5.97 Å². The lowest BCUT2D eigenvalue weighted by molar-refractivity contribution is -0.148. The Labute approximate surface area is 78.7 Å². The van der Waals surface area contributed by atoms with Gasteiger partial charge in [-0.25, -0.2) is 0 Å². The Bertz CT molecular complexity index is 189. The fourth-order valence-corrected chi connectivity index (χ4v) is 1.67. The molecule has 0 aliphatic heterocycles. The van der Waals surface area contributed by atoms with Crippen molar-refractivity contribution in [2.45, 2.75) is 32.3 Å². The van der Waals surface area contributed by atoms with E-state index in [-0.39, 0.29) is 18.0 Å². The number of rotatable bonds is 4. The van der Waals surface area contributed by atoms with Gasteiger partial charge in [0.15, 0.2) is 0 Å². The molecule has 0 bridgehead atoms. The van der Waals surface area contributed by atoms with Crippen LogP contribution in [0.15, 0.2) is 12.8 Å². The number of hydrogen-bond donors (Lipinski definition) is 0. The minimum absolute atomic E-state index is 0.0323. The van der Waals surface area contributed by atoms with Gasteiger partial charge in [-0.2, -0.15) is 0 Å². The molecule has 1 aliphatic rings. The summed E-state index contributed by atoms with van der Waals surface area (Å²) >= 11 is 0. The first-order valence-corrected chi connectivity index (χ1v) is 4.71. The van der Waals surface area contributed by atoms with E-state index in [2.05, 4.69) is 6.58 Å². The fourth-order valence-electron chi connectivity index (χ4n) is 1.67. The minimum atomic E-state index is -0.0855. The number of ether oxygens (including phenoxy) is 2. The third kappa shape index (κ3) is 2.76. The normalized spacial score (nSPS) is 26.8. The van der Waals surface area contributed by atoms with E-state index < -0.39 is 0 Å². The average molecular weight is 184 g/mol. The van der Waals surface area contributed by atoms with Gasteiger partial charge in [0, 0.05) is 0 Å². The Kier molecular flexibility index (Phi) is 3.80. The van der Waals surface area contributed by atoms with Gasteiger partial charge in [-0.15, -0.1) is 0 Å². The summed E-state index contributed by atoms with van der Waals surface area (Å²) in [7, 11) is 0. The Morgan fingerprint density at radius 3 is 3.00 bits per heavy atom. The zero-order valence-electron chi connectivity index (χ0n) is 7.99. The number of esters is 1. The Balaban J connectivity index is 2.31. The fraction of sp³-hybridized carbons (Fsp3) is 0.700. The summed E-state index contributed by atoms with van der Waals surface area (Å²) in [5, 5.41) is 0. The minimum Gasteiger partial charge on any atom is -0.499 e. The van der Waals surface area contributed by atoms with Gasteiger partial charge < -0.3 is 9.47 Å². The summed E-state index contributed by atoms with van der Waals surface area (Å²) in [4.78, 5) is 11.3. The molecule has 3 nitrogen and oxygen atoms in total. The molecule has 0 aromatic carbocycles. The van der Waals surface area contributed by atoms with Crippen LogP contribution in [0.5, 0.6) is 0 Å². The van der Waals surface area contributed by atoms with Crippen LogP contribution in [0.25, 0.3) is 0 Å². The SMILES string of the molecule is C=COC1CCC(C(=O)OCC)C1. The second kappa shape index (κ2) is 4.90. The summed E-state index contributed by atoms with van der Waals surface area (Å²) in [6.07, 6.45) is 4.17. The molecule has 1 rings (SSSR count). The summed E-state index contributed by atoms with van der Waals surface area (Å²) in [5.74, 6) is -0.0532. The Hall–Kier alpha value is -0.990. The molecule has 74 valence electrons. The van der Waals surface area contributed by atoms with Gasteiger partial charge in [0.05, 0.1) is 24.9 Å². The first-order chi connectivity index (χ1) is 6.27. The molecule has 0 aromatic heterocycles. The van der Waals surface area contributed by atoms with Crippen LogP contribution < -0.4 is 0 Å². The number of carbonyl (C=O) groups is 1. The highest BCUT2D eigenvalue weighted by atomic mass is 16.5. The van der Waals surface area contributed by atoms with Crippen molar-refractivity contribution in [3.05, 3.63) is 12.8 Å². The second-order valence-electron chi connectivity index (χ2n) is 3.19. The molecule has 0 N–H and O–H groups in total. The molecule has 1 fully saturated rings. The summed E-state index contributed by atoms with van der Waals surface area (Å²) in [6.45, 7) is 5.78. The van der Waals surface area contributed by atoms with Crippen molar-refractivity contribution in [3.8, 4) is 0 Å². The molecular weight excluding hydrogens is 168 g/mol. The maximum Gasteiger partial charge on any atom is 0.309 e. The number of carbonyl (C=O) groups excluding carboxylic acids is 1. The van der Waals surface area contributed by atoms with Gasteiger partial charge in [-0.3, -0.25) is 4.79 Å². The maximum atomic E-state index is 11.3. The highest BCUT2D eigenvalue weighted by molar-refractivity contribution is 5.72. The molecule has 0 heterocycles. The molecule has 0 radical (unpaired) electrons. The van der Waals surface area contributed by atoms with Gasteiger partial charge in [0.2, 0.25) is 0 Å². The van der Waals surface area contributed by atoms with Gasteiger partial charge in [0.1, 0.15) is 0 Å². The second-order valence-corrected chi connectivity index (χ2v) is 3.19. The zero-order chi connectivity index (χ0) is 9.68. The first-order valence-electron chi connectivity index (χ1n) is 4.71. The first kappa shape index (κ1) is 10.1. The molecule has 0 spiro atoms. The summed E-state index contributed by atoms with van der Waals surface area (Å²) in [5.41, 5.74) is 0. The van der Waals surface area contributed by atoms with Crippen molar-refractivity contribution in [3.63, 3.8) is 0 Å². The topological polar surface area (TPSA) is 35.5 Å². The highest BCUT2D eigenvalue weighted by Gasteiger charge is 2.31. The van der Waals surface area contributed by atoms with Crippen LogP contribution in [0.4, 0.5) is 0 Å². The lowest BCUT2D eigenvalue weighted by Crippen LogP contribution is -2.16. The van der Waals surface area contributed by atoms with Crippen LogP contribution in [-0.2, 0) is 14.3 Å². The third-order valence-corrected chi connectivity index (χ3v) is 2.29. The lowest BCUT2D eigenvalue weighted by Gasteiger charge is -2.09. The smallest absolute Gasteiger partial charge is 0.309 e. The largest absolute Gasteiger partial charge is 0.499 e. The molecule has 0 amide bonds. The van der Waals surface area contributed by atoms with Crippen molar-refractivity contribution >= 4 is 5.97 Å².